The molecule has 0 radical (unpaired) electrons. The van der Waals surface area contributed by atoms with E-state index >= 15 is 0 Å². The summed E-state index contributed by atoms with van der Waals surface area (Å²) >= 11 is 0. The Hall–Kier alpha value is -1.52. The number of carbonyl (C=O) groups excluding carboxylic acids is 1. The highest BCUT2D eigenvalue weighted by Gasteiger charge is 2.62. The number of carbonyl (C=O) groups is 2. The van der Waals surface area contributed by atoms with Crippen molar-refractivity contribution >= 4 is 12.1 Å². The van der Waals surface area contributed by atoms with Gasteiger partial charge in [-0.2, -0.15) is 5.06 Å². The maximum absolute atomic E-state index is 14.5. The zero-order chi connectivity index (χ0) is 19.9. The maximum Gasteiger partial charge on any atom is 0.410 e. The minimum Gasteiger partial charge on any atom is -0.479 e. The average molecular weight is 380 g/mol. The largest absolute Gasteiger partial charge is 0.479 e. The van der Waals surface area contributed by atoms with Crippen molar-refractivity contribution in [1.29, 1.82) is 0 Å². The first kappa shape index (κ1) is 20.8. The number of nitrogens with zero attached hydrogens (tertiary/aromatic N) is 2. The lowest BCUT2D eigenvalue weighted by Crippen LogP contribution is -2.48. The third kappa shape index (κ3) is 4.07. The van der Waals surface area contributed by atoms with E-state index in [0.717, 1.165) is 9.96 Å². The molecule has 3 atom stereocenters. The van der Waals surface area contributed by atoms with Crippen LogP contribution in [-0.4, -0.2) is 83.1 Å². The number of amides is 1. The number of ether oxygens (including phenoxy) is 2. The Morgan fingerprint density at radius 3 is 2.42 bits per heavy atom. The molecule has 8 nitrogen and oxygen atoms in total. The van der Waals surface area contributed by atoms with E-state index in [0.29, 0.717) is 0 Å². The fourth-order valence-corrected chi connectivity index (χ4v) is 3.07. The molecular weight excluding hydrogens is 354 g/mol. The second-order valence-electron chi connectivity index (χ2n) is 7.81. The van der Waals surface area contributed by atoms with Gasteiger partial charge >= 0.3 is 12.1 Å². The quantitative estimate of drug-likeness (QED) is 0.777. The van der Waals surface area contributed by atoms with Crippen LogP contribution in [0.1, 0.15) is 34.1 Å². The van der Waals surface area contributed by atoms with Gasteiger partial charge in [-0.1, -0.05) is 0 Å². The lowest BCUT2D eigenvalue weighted by atomic mass is 10.0. The van der Waals surface area contributed by atoms with Gasteiger partial charge < -0.3 is 14.6 Å². The molecule has 1 amide bonds. The minimum atomic E-state index is -3.20. The molecule has 0 aromatic carbocycles. The van der Waals surface area contributed by atoms with Crippen LogP contribution < -0.4 is 0 Å². The molecular formula is C16H26F2N2O6. The van der Waals surface area contributed by atoms with Crippen LogP contribution >= 0.6 is 0 Å². The van der Waals surface area contributed by atoms with Crippen molar-refractivity contribution in [2.75, 3.05) is 26.8 Å². The fraction of sp³-hybridized carbons (Fsp3) is 0.875. The number of likely N-dealkylation sites (tertiary alicyclic amines) is 1. The molecule has 0 saturated carbocycles. The highest BCUT2D eigenvalue weighted by molar-refractivity contribution is 5.76. The monoisotopic (exact) mass is 380 g/mol. The summed E-state index contributed by atoms with van der Waals surface area (Å²) in [5.41, 5.74) is -2.31. The molecule has 1 N–H and O–H groups in total. The van der Waals surface area contributed by atoms with Crippen LogP contribution in [-0.2, 0) is 19.1 Å². The molecule has 0 bridgehead atoms. The smallest absolute Gasteiger partial charge is 0.410 e. The van der Waals surface area contributed by atoms with Crippen LogP contribution in [0.4, 0.5) is 13.6 Å². The predicted molar refractivity (Wildman–Crippen MR) is 85.8 cm³/mol. The molecule has 26 heavy (non-hydrogen) atoms. The second kappa shape index (κ2) is 6.90. The van der Waals surface area contributed by atoms with Crippen molar-refractivity contribution in [2.24, 2.45) is 0 Å². The van der Waals surface area contributed by atoms with Crippen LogP contribution in [0.2, 0.25) is 0 Å². The van der Waals surface area contributed by atoms with Gasteiger partial charge in [-0.05, 0) is 27.7 Å². The summed E-state index contributed by atoms with van der Waals surface area (Å²) in [6.07, 6.45) is -0.868. The van der Waals surface area contributed by atoms with Crippen molar-refractivity contribution in [1.82, 2.24) is 9.96 Å². The standard InChI is InChI=1S/C16H26F2N2O6/c1-14(2,3)26-13(23)19-9-16(17,18)11-10(19)8-25-20(11)7-6-15(4,24-5)12(21)22/h10-11H,6-9H2,1-5H3,(H,21,22)/t10-,11+,15?/m1/s1. The van der Waals surface area contributed by atoms with Crippen molar-refractivity contribution < 1.29 is 37.8 Å². The number of carboxylic acid groups (broad SMARTS) is 1. The molecule has 2 aliphatic heterocycles. The van der Waals surface area contributed by atoms with Gasteiger partial charge in [0, 0.05) is 20.1 Å². The summed E-state index contributed by atoms with van der Waals surface area (Å²) in [6, 6.07) is -2.22. The zero-order valence-corrected chi connectivity index (χ0v) is 15.6. The SMILES string of the molecule is COC(C)(CCN1OC[C@@H]2[C@H]1C(F)(F)CN2C(=O)OC(C)(C)C)C(=O)O. The number of methoxy groups -OCH3 is 1. The Labute approximate surface area is 150 Å². The lowest BCUT2D eigenvalue weighted by Gasteiger charge is -2.29. The number of halogens is 2. The Balaban J connectivity index is 2.10. The Bertz CT molecular complexity index is 567. The van der Waals surface area contributed by atoms with Gasteiger partial charge in [0.15, 0.2) is 5.60 Å². The summed E-state index contributed by atoms with van der Waals surface area (Å²) < 4.78 is 39.3. The average Bonchev–Trinajstić information content (AvgIpc) is 3.03. The molecule has 2 heterocycles. The normalized spacial score (nSPS) is 27.9. The Morgan fingerprint density at radius 2 is 1.92 bits per heavy atom. The van der Waals surface area contributed by atoms with Crippen molar-refractivity contribution in [3.63, 3.8) is 0 Å². The molecule has 2 saturated heterocycles. The minimum absolute atomic E-state index is 0.0510. The third-order valence-electron chi connectivity index (χ3n) is 4.64. The topological polar surface area (TPSA) is 88.5 Å². The van der Waals surface area contributed by atoms with Gasteiger partial charge in [-0.3, -0.25) is 9.74 Å². The highest BCUT2D eigenvalue weighted by Crippen LogP contribution is 2.41. The fourth-order valence-electron chi connectivity index (χ4n) is 3.07. The van der Waals surface area contributed by atoms with Gasteiger partial charge in [-0.15, -0.1) is 0 Å². The number of rotatable bonds is 5. The Kier molecular flexibility index (Phi) is 5.51. The molecule has 1 unspecified atom stereocenters. The van der Waals surface area contributed by atoms with E-state index in [9.17, 15) is 23.5 Å². The van der Waals surface area contributed by atoms with Crippen molar-refractivity contribution in [2.45, 2.75) is 63.3 Å². The number of carboxylic acids is 1. The maximum atomic E-state index is 14.5. The number of hydrogen-bond donors (Lipinski definition) is 1. The number of aliphatic carboxylic acids is 1. The Morgan fingerprint density at radius 1 is 1.31 bits per heavy atom. The van der Waals surface area contributed by atoms with Crippen LogP contribution in [0.3, 0.4) is 0 Å². The van der Waals surface area contributed by atoms with E-state index in [4.69, 9.17) is 14.3 Å². The molecule has 0 aromatic rings. The van der Waals surface area contributed by atoms with Gasteiger partial charge in [0.1, 0.15) is 11.6 Å². The second-order valence-corrected chi connectivity index (χ2v) is 7.81. The number of alkyl halides is 2. The van der Waals surface area contributed by atoms with Gasteiger partial charge in [-0.25, -0.2) is 18.4 Å². The summed E-state index contributed by atoms with van der Waals surface area (Å²) in [6.45, 7) is 5.40. The molecule has 0 spiro atoms. The molecule has 0 aromatic heterocycles. The summed E-state index contributed by atoms with van der Waals surface area (Å²) in [5, 5.41) is 10.3. The number of fused-ring (bicyclic) bond motifs is 1. The van der Waals surface area contributed by atoms with Gasteiger partial charge in [0.05, 0.1) is 19.2 Å². The summed E-state index contributed by atoms with van der Waals surface area (Å²) in [4.78, 5) is 29.9. The zero-order valence-electron chi connectivity index (χ0n) is 15.6. The summed E-state index contributed by atoms with van der Waals surface area (Å²) in [5.74, 6) is -4.39. The van der Waals surface area contributed by atoms with Gasteiger partial charge in [0.25, 0.3) is 5.92 Å². The first-order valence-corrected chi connectivity index (χ1v) is 8.36. The van der Waals surface area contributed by atoms with E-state index in [-0.39, 0.29) is 19.6 Å². The third-order valence-corrected chi connectivity index (χ3v) is 4.64. The molecule has 10 heteroatoms. The lowest BCUT2D eigenvalue weighted by molar-refractivity contribution is -0.192. The van der Waals surface area contributed by atoms with E-state index in [1.54, 1.807) is 20.8 Å². The first-order chi connectivity index (χ1) is 11.8. The predicted octanol–water partition coefficient (Wildman–Crippen LogP) is 1.74. The molecule has 2 fully saturated rings. The van der Waals surface area contributed by atoms with E-state index in [1.165, 1.54) is 14.0 Å². The molecule has 150 valence electrons. The van der Waals surface area contributed by atoms with Crippen LogP contribution in [0.25, 0.3) is 0 Å². The first-order valence-electron chi connectivity index (χ1n) is 8.36. The van der Waals surface area contributed by atoms with Crippen LogP contribution in [0.15, 0.2) is 0 Å². The number of hydroxylamine groups is 2. The molecule has 2 aliphatic rings. The van der Waals surface area contributed by atoms with E-state index < -0.39 is 47.8 Å². The van der Waals surface area contributed by atoms with E-state index in [2.05, 4.69) is 0 Å². The van der Waals surface area contributed by atoms with Crippen molar-refractivity contribution in [3.05, 3.63) is 0 Å². The van der Waals surface area contributed by atoms with Crippen molar-refractivity contribution in [3.8, 4) is 0 Å². The molecule has 0 aliphatic carbocycles. The summed E-state index contributed by atoms with van der Waals surface area (Å²) in [7, 11) is 1.25. The van der Waals surface area contributed by atoms with Crippen LogP contribution in [0, 0.1) is 0 Å². The van der Waals surface area contributed by atoms with Gasteiger partial charge in [0.2, 0.25) is 0 Å². The van der Waals surface area contributed by atoms with E-state index in [1.807, 2.05) is 0 Å². The number of hydrogen-bond acceptors (Lipinski definition) is 6. The van der Waals surface area contributed by atoms with Crippen LogP contribution in [0.5, 0.6) is 0 Å². The highest BCUT2D eigenvalue weighted by atomic mass is 19.3. The molecule has 2 rings (SSSR count).